The van der Waals surface area contributed by atoms with E-state index >= 15 is 0 Å². The van der Waals surface area contributed by atoms with E-state index in [1.54, 1.807) is 17.6 Å². The molecule has 1 heterocycles. The molecular weight excluding hydrogens is 311 g/mol. The highest BCUT2D eigenvalue weighted by Gasteiger charge is 2.14. The van der Waals surface area contributed by atoms with Crippen LogP contribution in [-0.2, 0) is 11.3 Å². The summed E-state index contributed by atoms with van der Waals surface area (Å²) in [5, 5.41) is 4.48. The summed E-state index contributed by atoms with van der Waals surface area (Å²) in [4.78, 5) is 28.3. The number of fused-ring (bicyclic) bond motifs is 1. The van der Waals surface area contributed by atoms with Crippen molar-refractivity contribution in [1.82, 2.24) is 14.9 Å². The topological polar surface area (TPSA) is 76.0 Å². The van der Waals surface area contributed by atoms with Gasteiger partial charge in [-0.25, -0.2) is 14.2 Å². The first-order valence-electron chi connectivity index (χ1n) is 7.32. The fourth-order valence-corrected chi connectivity index (χ4v) is 2.42. The molecule has 0 aliphatic heterocycles. The number of hydrogen-bond acceptors (Lipinski definition) is 3. The van der Waals surface area contributed by atoms with Crippen molar-refractivity contribution in [3.05, 3.63) is 60.2 Å². The molecule has 3 amide bonds. The number of rotatable bonds is 3. The molecule has 0 saturated carbocycles. The minimum Gasteiger partial charge on any atom is -0.319 e. The first-order chi connectivity index (χ1) is 11.5. The van der Waals surface area contributed by atoms with Crippen LogP contribution in [0.4, 0.5) is 14.9 Å². The van der Waals surface area contributed by atoms with E-state index in [0.717, 1.165) is 11.0 Å². The normalized spacial score (nSPS) is 10.6. The predicted molar refractivity (Wildman–Crippen MR) is 88.0 cm³/mol. The van der Waals surface area contributed by atoms with Crippen molar-refractivity contribution in [3.8, 4) is 0 Å². The number of carbonyl (C=O) groups is 2. The van der Waals surface area contributed by atoms with Crippen LogP contribution in [0, 0.1) is 12.7 Å². The van der Waals surface area contributed by atoms with Crippen LogP contribution in [0.25, 0.3) is 11.0 Å². The molecular formula is C17H15FN4O2. The second-order valence-electron chi connectivity index (χ2n) is 5.22. The monoisotopic (exact) mass is 326 g/mol. The molecule has 3 aromatic rings. The molecule has 24 heavy (non-hydrogen) atoms. The van der Waals surface area contributed by atoms with Gasteiger partial charge in [-0.3, -0.25) is 10.1 Å². The number of urea groups is 1. The zero-order chi connectivity index (χ0) is 17.1. The number of aromatic nitrogens is 2. The van der Waals surface area contributed by atoms with Gasteiger partial charge in [-0.1, -0.05) is 24.3 Å². The third-order valence-electron chi connectivity index (χ3n) is 3.52. The molecule has 0 saturated heterocycles. The fourth-order valence-electron chi connectivity index (χ4n) is 2.42. The summed E-state index contributed by atoms with van der Waals surface area (Å²) in [6, 6.07) is 12.4. The number of carbonyl (C=O) groups excluding carboxylic acids is 2. The maximum atomic E-state index is 13.5. The van der Waals surface area contributed by atoms with Crippen molar-refractivity contribution >= 4 is 28.7 Å². The van der Waals surface area contributed by atoms with Gasteiger partial charge in [0.2, 0.25) is 5.91 Å². The number of nitrogens with zero attached hydrogens (tertiary/aromatic N) is 2. The van der Waals surface area contributed by atoms with E-state index in [-0.39, 0.29) is 12.2 Å². The van der Waals surface area contributed by atoms with Crippen molar-refractivity contribution in [3.63, 3.8) is 0 Å². The highest BCUT2D eigenvalue weighted by atomic mass is 19.1. The Morgan fingerprint density at radius 3 is 2.62 bits per heavy atom. The lowest BCUT2D eigenvalue weighted by Gasteiger charge is -2.09. The molecule has 2 N–H and O–H groups in total. The molecule has 0 aliphatic rings. The van der Waals surface area contributed by atoms with Crippen LogP contribution in [0.5, 0.6) is 0 Å². The number of imide groups is 1. The Kier molecular flexibility index (Phi) is 4.24. The van der Waals surface area contributed by atoms with Gasteiger partial charge in [-0.2, -0.15) is 0 Å². The molecule has 0 atom stereocenters. The summed E-state index contributed by atoms with van der Waals surface area (Å²) in [7, 11) is 0. The van der Waals surface area contributed by atoms with Crippen LogP contribution in [0.1, 0.15) is 5.82 Å². The number of nitrogens with one attached hydrogen (secondary N) is 2. The Balaban J connectivity index is 1.68. The molecule has 6 nitrogen and oxygen atoms in total. The van der Waals surface area contributed by atoms with E-state index < -0.39 is 17.8 Å². The van der Waals surface area contributed by atoms with Crippen LogP contribution < -0.4 is 10.6 Å². The fraction of sp³-hybridized carbons (Fsp3) is 0.118. The van der Waals surface area contributed by atoms with Gasteiger partial charge in [0.1, 0.15) is 18.2 Å². The largest absolute Gasteiger partial charge is 0.326 e. The molecule has 0 fully saturated rings. The zero-order valence-corrected chi connectivity index (χ0v) is 12.9. The highest BCUT2D eigenvalue weighted by Crippen LogP contribution is 2.15. The summed E-state index contributed by atoms with van der Waals surface area (Å²) >= 11 is 0. The lowest BCUT2D eigenvalue weighted by molar-refractivity contribution is -0.120. The van der Waals surface area contributed by atoms with E-state index in [4.69, 9.17) is 0 Å². The van der Waals surface area contributed by atoms with Gasteiger partial charge in [0.15, 0.2) is 0 Å². The molecule has 1 aromatic heterocycles. The van der Waals surface area contributed by atoms with E-state index in [0.29, 0.717) is 5.82 Å². The van der Waals surface area contributed by atoms with Crippen LogP contribution in [0.15, 0.2) is 48.5 Å². The number of amides is 3. The molecule has 0 radical (unpaired) electrons. The number of aryl methyl sites for hydroxylation is 1. The molecule has 2 aromatic carbocycles. The molecule has 3 rings (SSSR count). The number of halogens is 1. The van der Waals surface area contributed by atoms with Gasteiger partial charge in [0.25, 0.3) is 0 Å². The molecule has 0 unspecified atom stereocenters. The molecule has 0 spiro atoms. The van der Waals surface area contributed by atoms with E-state index in [1.165, 1.54) is 18.2 Å². The number of anilines is 1. The van der Waals surface area contributed by atoms with Crippen molar-refractivity contribution in [2.75, 3.05) is 5.32 Å². The van der Waals surface area contributed by atoms with Gasteiger partial charge in [0, 0.05) is 0 Å². The van der Waals surface area contributed by atoms with Gasteiger partial charge < -0.3 is 9.88 Å². The maximum Gasteiger partial charge on any atom is 0.326 e. The van der Waals surface area contributed by atoms with Gasteiger partial charge in [-0.05, 0) is 31.2 Å². The number of benzene rings is 2. The van der Waals surface area contributed by atoms with E-state index in [9.17, 15) is 14.0 Å². The lowest BCUT2D eigenvalue weighted by Crippen LogP contribution is -2.36. The highest BCUT2D eigenvalue weighted by molar-refractivity contribution is 6.01. The van der Waals surface area contributed by atoms with Crippen molar-refractivity contribution in [1.29, 1.82) is 0 Å². The summed E-state index contributed by atoms with van der Waals surface area (Å²) in [6.45, 7) is 1.73. The van der Waals surface area contributed by atoms with Crippen LogP contribution >= 0.6 is 0 Å². The third-order valence-corrected chi connectivity index (χ3v) is 3.52. The second kappa shape index (κ2) is 6.49. The van der Waals surface area contributed by atoms with Crippen molar-refractivity contribution in [2.45, 2.75) is 13.5 Å². The standard InChI is InChI=1S/C17H15FN4O2/c1-11-19-14-8-4-5-9-15(14)22(11)10-16(23)21-17(24)20-13-7-3-2-6-12(13)18/h2-9H,10H2,1H3,(H2,20,21,23,24). The number of imidazole rings is 1. The quantitative estimate of drug-likeness (QED) is 0.777. The zero-order valence-electron chi connectivity index (χ0n) is 12.9. The van der Waals surface area contributed by atoms with Crippen LogP contribution in [-0.4, -0.2) is 21.5 Å². The van der Waals surface area contributed by atoms with Gasteiger partial charge in [0.05, 0.1) is 16.7 Å². The smallest absolute Gasteiger partial charge is 0.319 e. The maximum absolute atomic E-state index is 13.5. The SMILES string of the molecule is Cc1nc2ccccc2n1CC(=O)NC(=O)Nc1ccccc1F. The Hall–Kier alpha value is -3.22. The number of hydrogen-bond donors (Lipinski definition) is 2. The first kappa shape index (κ1) is 15.7. The molecule has 0 aliphatic carbocycles. The van der Waals surface area contributed by atoms with Crippen LogP contribution in [0.2, 0.25) is 0 Å². The van der Waals surface area contributed by atoms with Crippen molar-refractivity contribution in [2.24, 2.45) is 0 Å². The average Bonchev–Trinajstić information content (AvgIpc) is 2.85. The Bertz CT molecular complexity index is 920. The van der Waals surface area contributed by atoms with Crippen LogP contribution in [0.3, 0.4) is 0 Å². The summed E-state index contributed by atoms with van der Waals surface area (Å²) < 4.78 is 15.2. The first-order valence-corrected chi connectivity index (χ1v) is 7.32. The average molecular weight is 326 g/mol. The lowest BCUT2D eigenvalue weighted by atomic mass is 10.3. The third kappa shape index (κ3) is 3.24. The minimum atomic E-state index is -0.785. The Labute approximate surface area is 137 Å². The predicted octanol–water partition coefficient (Wildman–Crippen LogP) is 2.83. The number of para-hydroxylation sites is 3. The molecule has 122 valence electrons. The summed E-state index contributed by atoms with van der Waals surface area (Å²) in [5.41, 5.74) is 1.59. The second-order valence-corrected chi connectivity index (χ2v) is 5.22. The van der Waals surface area contributed by atoms with Gasteiger partial charge >= 0.3 is 6.03 Å². The Morgan fingerprint density at radius 1 is 1.12 bits per heavy atom. The van der Waals surface area contributed by atoms with E-state index in [1.807, 2.05) is 24.3 Å². The Morgan fingerprint density at radius 2 is 1.83 bits per heavy atom. The van der Waals surface area contributed by atoms with Crippen molar-refractivity contribution < 1.29 is 14.0 Å². The minimum absolute atomic E-state index is 0.00654. The summed E-state index contributed by atoms with van der Waals surface area (Å²) in [6.07, 6.45) is 0. The van der Waals surface area contributed by atoms with E-state index in [2.05, 4.69) is 15.6 Å². The van der Waals surface area contributed by atoms with Gasteiger partial charge in [-0.15, -0.1) is 0 Å². The molecule has 7 heteroatoms. The summed E-state index contributed by atoms with van der Waals surface area (Å²) in [5.74, 6) is -0.424. The molecule has 0 bridgehead atoms.